The minimum atomic E-state index is -3.68. The molecule has 23 heavy (non-hydrogen) atoms. The fourth-order valence-electron chi connectivity index (χ4n) is 2.37. The van der Waals surface area contributed by atoms with Crippen LogP contribution < -0.4 is 0 Å². The molecule has 3 rings (SSSR count). The van der Waals surface area contributed by atoms with Crippen molar-refractivity contribution < 1.29 is 8.42 Å². The van der Waals surface area contributed by atoms with Gasteiger partial charge >= 0.3 is 0 Å². The van der Waals surface area contributed by atoms with Crippen LogP contribution in [0, 0.1) is 0 Å². The predicted molar refractivity (Wildman–Crippen MR) is 95.1 cm³/mol. The van der Waals surface area contributed by atoms with E-state index in [2.05, 4.69) is 5.10 Å². The highest BCUT2D eigenvalue weighted by Gasteiger charge is 2.27. The van der Waals surface area contributed by atoms with Gasteiger partial charge in [-0.2, -0.15) is 17.9 Å². The molecule has 2 aromatic rings. The first-order valence-corrected chi connectivity index (χ1v) is 10.1. The molecular formula is C15H14Cl2N2O2S2. The summed E-state index contributed by atoms with van der Waals surface area (Å²) < 4.78 is 27.3. The molecular weight excluding hydrogens is 375 g/mol. The molecule has 4 nitrogen and oxygen atoms in total. The average molecular weight is 389 g/mol. The Kier molecular flexibility index (Phi) is 4.96. The van der Waals surface area contributed by atoms with Crippen molar-refractivity contribution in [2.24, 2.45) is 5.10 Å². The third kappa shape index (κ3) is 3.55. The minimum absolute atomic E-state index is 0.201. The second-order valence-corrected chi connectivity index (χ2v) is 9.29. The molecule has 0 atom stereocenters. The number of hydrogen-bond acceptors (Lipinski definition) is 4. The second kappa shape index (κ2) is 6.81. The number of nitrogens with zero attached hydrogens (tertiary/aromatic N) is 2. The van der Waals surface area contributed by atoms with Gasteiger partial charge in [0.25, 0.3) is 10.0 Å². The van der Waals surface area contributed by atoms with Crippen molar-refractivity contribution in [1.82, 2.24) is 4.41 Å². The van der Waals surface area contributed by atoms with E-state index in [0.29, 0.717) is 28.0 Å². The van der Waals surface area contributed by atoms with Crippen molar-refractivity contribution >= 4 is 50.3 Å². The molecule has 0 saturated carbocycles. The Balaban J connectivity index is 2.02. The Labute approximate surface area is 149 Å². The smallest absolute Gasteiger partial charge is 0.199 e. The van der Waals surface area contributed by atoms with Crippen molar-refractivity contribution in [3.05, 3.63) is 51.3 Å². The molecule has 0 radical (unpaired) electrons. The zero-order chi connectivity index (χ0) is 16.4. The highest BCUT2D eigenvalue weighted by atomic mass is 35.5. The first-order valence-electron chi connectivity index (χ1n) is 7.09. The number of halogens is 2. The van der Waals surface area contributed by atoms with Crippen molar-refractivity contribution in [2.75, 3.05) is 6.54 Å². The summed E-state index contributed by atoms with van der Waals surface area (Å²) in [6, 6.07) is 10.4. The van der Waals surface area contributed by atoms with Gasteiger partial charge in [0.05, 0.1) is 16.6 Å². The van der Waals surface area contributed by atoms with Crippen LogP contribution in [0.5, 0.6) is 0 Å². The lowest BCUT2D eigenvalue weighted by Gasteiger charge is -2.17. The fourth-order valence-corrected chi connectivity index (χ4v) is 5.50. The van der Waals surface area contributed by atoms with E-state index in [9.17, 15) is 8.42 Å². The normalized spacial score (nSPS) is 16.1. The van der Waals surface area contributed by atoms with E-state index in [1.807, 2.05) is 18.2 Å². The molecule has 0 N–H and O–H groups in total. The molecule has 8 heteroatoms. The minimum Gasteiger partial charge on any atom is -0.199 e. The monoisotopic (exact) mass is 388 g/mol. The van der Waals surface area contributed by atoms with Crippen molar-refractivity contribution in [3.63, 3.8) is 0 Å². The van der Waals surface area contributed by atoms with Gasteiger partial charge in [-0.3, -0.25) is 0 Å². The molecule has 0 spiro atoms. The van der Waals surface area contributed by atoms with Crippen LogP contribution in [0.4, 0.5) is 0 Å². The SMILES string of the molecule is O=S(=O)(c1ccc(Cl)s1)N1CCCCC(c2ccccc2Cl)=N1. The molecule has 0 fully saturated rings. The summed E-state index contributed by atoms with van der Waals surface area (Å²) in [7, 11) is -3.68. The molecule has 1 aromatic heterocycles. The van der Waals surface area contributed by atoms with Crippen LogP contribution in [0.3, 0.4) is 0 Å². The van der Waals surface area contributed by atoms with Gasteiger partial charge in [0.15, 0.2) is 0 Å². The Morgan fingerprint density at radius 1 is 1.09 bits per heavy atom. The summed E-state index contributed by atoms with van der Waals surface area (Å²) in [5, 5.41) is 4.98. The van der Waals surface area contributed by atoms with Crippen molar-refractivity contribution in [3.8, 4) is 0 Å². The van der Waals surface area contributed by atoms with E-state index in [-0.39, 0.29) is 4.21 Å². The Hall–Kier alpha value is -1.08. The standard InChI is InChI=1S/C15H14Cl2N2O2S2/c16-12-6-2-1-5-11(12)13-7-3-4-10-19(18-13)23(20,21)15-9-8-14(17)22-15/h1-2,5-6,8-9H,3-4,7,10H2. The summed E-state index contributed by atoms with van der Waals surface area (Å²) in [6.07, 6.45) is 2.30. The van der Waals surface area contributed by atoms with Crippen LogP contribution in [0.2, 0.25) is 9.36 Å². The van der Waals surface area contributed by atoms with Crippen LogP contribution >= 0.6 is 34.5 Å². The maximum absolute atomic E-state index is 12.8. The first kappa shape index (κ1) is 16.8. The lowest BCUT2D eigenvalue weighted by atomic mass is 10.1. The lowest BCUT2D eigenvalue weighted by molar-refractivity contribution is 0.430. The molecule has 122 valence electrons. The first-order chi connectivity index (χ1) is 11.0. The zero-order valence-electron chi connectivity index (χ0n) is 12.1. The van der Waals surface area contributed by atoms with E-state index in [0.717, 1.165) is 29.7 Å². The molecule has 2 heterocycles. The molecule has 0 aliphatic carbocycles. The third-order valence-electron chi connectivity index (χ3n) is 3.51. The van der Waals surface area contributed by atoms with Crippen LogP contribution in [0.25, 0.3) is 0 Å². The summed E-state index contributed by atoms with van der Waals surface area (Å²) in [6.45, 7) is 0.353. The van der Waals surface area contributed by atoms with E-state index < -0.39 is 10.0 Å². The average Bonchev–Trinajstić information content (AvgIpc) is 2.82. The number of hydrogen-bond donors (Lipinski definition) is 0. The van der Waals surface area contributed by atoms with E-state index in [1.165, 1.54) is 10.5 Å². The van der Waals surface area contributed by atoms with E-state index in [4.69, 9.17) is 23.2 Å². The van der Waals surface area contributed by atoms with Gasteiger partial charge in [-0.1, -0.05) is 41.4 Å². The van der Waals surface area contributed by atoms with Crippen LogP contribution in [0.15, 0.2) is 45.7 Å². The van der Waals surface area contributed by atoms with Crippen LogP contribution in [0.1, 0.15) is 24.8 Å². The van der Waals surface area contributed by atoms with Gasteiger partial charge in [-0.05, 0) is 37.5 Å². The van der Waals surface area contributed by atoms with Gasteiger partial charge in [-0.25, -0.2) is 0 Å². The molecule has 0 unspecified atom stereocenters. The van der Waals surface area contributed by atoms with E-state index in [1.54, 1.807) is 12.1 Å². The van der Waals surface area contributed by atoms with E-state index >= 15 is 0 Å². The van der Waals surface area contributed by atoms with Gasteiger partial charge in [0.1, 0.15) is 4.21 Å². The molecule has 0 bridgehead atoms. The Morgan fingerprint density at radius 2 is 1.87 bits per heavy atom. The van der Waals surface area contributed by atoms with Gasteiger partial charge in [-0.15, -0.1) is 11.3 Å². The number of sulfonamides is 1. The molecule has 0 saturated heterocycles. The number of thiophene rings is 1. The third-order valence-corrected chi connectivity index (χ3v) is 7.21. The highest BCUT2D eigenvalue weighted by Crippen LogP contribution is 2.30. The van der Waals surface area contributed by atoms with Crippen LogP contribution in [-0.4, -0.2) is 25.1 Å². The highest BCUT2D eigenvalue weighted by molar-refractivity contribution is 7.91. The molecule has 1 aromatic carbocycles. The lowest BCUT2D eigenvalue weighted by Crippen LogP contribution is -2.26. The number of rotatable bonds is 3. The summed E-state index contributed by atoms with van der Waals surface area (Å²) in [5.41, 5.74) is 1.47. The number of benzene rings is 1. The quantitative estimate of drug-likeness (QED) is 0.768. The molecule has 1 aliphatic rings. The maximum atomic E-state index is 12.8. The van der Waals surface area contributed by atoms with Gasteiger partial charge < -0.3 is 0 Å². The molecule has 1 aliphatic heterocycles. The number of hydrazone groups is 1. The van der Waals surface area contributed by atoms with Gasteiger partial charge in [0, 0.05) is 10.6 Å². The van der Waals surface area contributed by atoms with Gasteiger partial charge in [0.2, 0.25) is 0 Å². The summed E-state index contributed by atoms with van der Waals surface area (Å²) in [5.74, 6) is 0. The summed E-state index contributed by atoms with van der Waals surface area (Å²) in [4.78, 5) is 0. The molecule has 0 amide bonds. The topological polar surface area (TPSA) is 49.7 Å². The zero-order valence-corrected chi connectivity index (χ0v) is 15.2. The second-order valence-electron chi connectivity index (χ2n) is 5.09. The van der Waals surface area contributed by atoms with Crippen molar-refractivity contribution in [2.45, 2.75) is 23.5 Å². The van der Waals surface area contributed by atoms with Crippen LogP contribution in [-0.2, 0) is 10.0 Å². The Bertz CT molecular complexity index is 847. The predicted octanol–water partition coefficient (Wildman–Crippen LogP) is 4.63. The fraction of sp³-hybridized carbons (Fsp3) is 0.267. The summed E-state index contributed by atoms with van der Waals surface area (Å²) >= 11 is 13.1. The maximum Gasteiger partial charge on any atom is 0.288 e. The largest absolute Gasteiger partial charge is 0.288 e. The van der Waals surface area contributed by atoms with Crippen molar-refractivity contribution in [1.29, 1.82) is 0 Å². The Morgan fingerprint density at radius 3 is 2.57 bits per heavy atom.